The lowest BCUT2D eigenvalue weighted by atomic mass is 10.2. The number of amides is 1. The fourth-order valence-electron chi connectivity index (χ4n) is 3.83. The number of benzene rings is 1. The molecule has 2 aromatic heterocycles. The number of carbonyl (C=O) groups excluding carboxylic acids is 1. The molecule has 1 amide bonds. The van der Waals surface area contributed by atoms with Crippen molar-refractivity contribution in [2.45, 2.75) is 33.2 Å². The topological polar surface area (TPSA) is 47.4 Å². The number of aromatic nitrogens is 2. The van der Waals surface area contributed by atoms with Crippen molar-refractivity contribution in [2.75, 3.05) is 19.7 Å². The Morgan fingerprint density at radius 3 is 2.70 bits per heavy atom. The second kappa shape index (κ2) is 7.43. The van der Waals surface area contributed by atoms with Gasteiger partial charge in [0.1, 0.15) is 12.1 Å². The van der Waals surface area contributed by atoms with Crippen LogP contribution in [0.4, 0.5) is 0 Å². The average Bonchev–Trinajstić information content (AvgIpc) is 3.20. The fourth-order valence-corrected chi connectivity index (χ4v) is 3.83. The van der Waals surface area contributed by atoms with Gasteiger partial charge in [0.25, 0.3) is 0 Å². The number of fused-ring (bicyclic) bond motifs is 1. The van der Waals surface area contributed by atoms with Gasteiger partial charge in [-0.3, -0.25) is 4.79 Å². The molecule has 1 fully saturated rings. The van der Waals surface area contributed by atoms with Crippen LogP contribution < -0.4 is 4.74 Å². The van der Waals surface area contributed by atoms with Crippen LogP contribution in [-0.2, 0) is 11.3 Å². The summed E-state index contributed by atoms with van der Waals surface area (Å²) >= 11 is 0. The van der Waals surface area contributed by atoms with Gasteiger partial charge >= 0.3 is 0 Å². The van der Waals surface area contributed by atoms with E-state index in [9.17, 15) is 4.79 Å². The molecular formula is C22H25N3O2. The van der Waals surface area contributed by atoms with E-state index in [4.69, 9.17) is 4.74 Å². The first-order valence-corrected chi connectivity index (χ1v) is 9.54. The molecule has 5 heteroatoms. The van der Waals surface area contributed by atoms with E-state index in [0.29, 0.717) is 25.5 Å². The van der Waals surface area contributed by atoms with E-state index in [1.807, 2.05) is 11.0 Å². The van der Waals surface area contributed by atoms with Crippen LogP contribution in [0.3, 0.4) is 0 Å². The highest BCUT2D eigenvalue weighted by molar-refractivity contribution is 5.89. The maximum atomic E-state index is 11.8. The minimum atomic E-state index is 0.226. The van der Waals surface area contributed by atoms with Crippen LogP contribution in [0.15, 0.2) is 42.6 Å². The average molecular weight is 363 g/mol. The summed E-state index contributed by atoms with van der Waals surface area (Å²) in [5, 5.41) is 1.17. The highest BCUT2D eigenvalue weighted by Crippen LogP contribution is 2.31. The Hall–Kier alpha value is -2.82. The van der Waals surface area contributed by atoms with Crippen molar-refractivity contribution in [3.05, 3.63) is 59.4 Å². The summed E-state index contributed by atoms with van der Waals surface area (Å²) in [5.41, 5.74) is 4.75. The summed E-state index contributed by atoms with van der Waals surface area (Å²) in [6, 6.07) is 12.5. The van der Waals surface area contributed by atoms with E-state index in [1.54, 1.807) is 6.20 Å². The standard InChI is InChI=1S/C22H25N3O2/c1-16-17(2)25(15-18-7-4-3-5-8-18)21-19(16)10-11-23-22(21)27-14-13-24-12-6-9-20(24)26/h3-5,7-8,10-11H,6,9,12-15H2,1-2H3. The molecular weight excluding hydrogens is 338 g/mol. The van der Waals surface area contributed by atoms with Crippen LogP contribution in [-0.4, -0.2) is 40.1 Å². The summed E-state index contributed by atoms with van der Waals surface area (Å²) in [5.74, 6) is 0.871. The van der Waals surface area contributed by atoms with E-state index in [2.05, 4.69) is 53.7 Å². The molecule has 4 rings (SSSR count). The molecule has 0 bridgehead atoms. The third kappa shape index (κ3) is 3.42. The molecule has 0 saturated carbocycles. The zero-order chi connectivity index (χ0) is 18.8. The molecule has 0 unspecified atom stereocenters. The van der Waals surface area contributed by atoms with E-state index in [1.165, 1.54) is 22.2 Å². The molecule has 5 nitrogen and oxygen atoms in total. The Bertz CT molecular complexity index is 963. The smallest absolute Gasteiger partial charge is 0.238 e. The molecule has 140 valence electrons. The first kappa shape index (κ1) is 17.6. The summed E-state index contributed by atoms with van der Waals surface area (Å²) in [6.45, 7) is 6.99. The van der Waals surface area contributed by atoms with Crippen LogP contribution in [0, 0.1) is 13.8 Å². The summed E-state index contributed by atoms with van der Waals surface area (Å²) in [7, 11) is 0. The van der Waals surface area contributed by atoms with Crippen molar-refractivity contribution in [3.63, 3.8) is 0 Å². The summed E-state index contributed by atoms with van der Waals surface area (Å²) in [6.07, 6.45) is 3.41. The molecule has 27 heavy (non-hydrogen) atoms. The predicted octanol–water partition coefficient (Wildman–Crippen LogP) is 3.70. The van der Waals surface area contributed by atoms with E-state index < -0.39 is 0 Å². The van der Waals surface area contributed by atoms with Crippen LogP contribution in [0.5, 0.6) is 5.88 Å². The van der Waals surface area contributed by atoms with Gasteiger partial charge in [0.2, 0.25) is 11.8 Å². The molecule has 0 N–H and O–H groups in total. The van der Waals surface area contributed by atoms with Gasteiger partial charge in [-0.25, -0.2) is 4.98 Å². The van der Waals surface area contributed by atoms with Gasteiger partial charge < -0.3 is 14.2 Å². The number of ether oxygens (including phenoxy) is 1. The Morgan fingerprint density at radius 1 is 1.15 bits per heavy atom. The lowest BCUT2D eigenvalue weighted by Gasteiger charge is -2.16. The Kier molecular flexibility index (Phi) is 4.84. The second-order valence-corrected chi connectivity index (χ2v) is 7.13. The maximum absolute atomic E-state index is 11.8. The third-order valence-electron chi connectivity index (χ3n) is 5.47. The van der Waals surface area contributed by atoms with Crippen LogP contribution in [0.1, 0.15) is 29.7 Å². The second-order valence-electron chi connectivity index (χ2n) is 7.13. The number of pyridine rings is 1. The fraction of sp³-hybridized carbons (Fsp3) is 0.364. The molecule has 1 saturated heterocycles. The normalized spacial score (nSPS) is 14.3. The third-order valence-corrected chi connectivity index (χ3v) is 5.47. The quantitative estimate of drug-likeness (QED) is 0.671. The minimum Gasteiger partial charge on any atom is -0.474 e. The summed E-state index contributed by atoms with van der Waals surface area (Å²) < 4.78 is 8.33. The van der Waals surface area contributed by atoms with Gasteiger partial charge in [-0.2, -0.15) is 0 Å². The highest BCUT2D eigenvalue weighted by Gasteiger charge is 2.20. The van der Waals surface area contributed by atoms with E-state index in [-0.39, 0.29) is 5.91 Å². The monoisotopic (exact) mass is 363 g/mol. The lowest BCUT2D eigenvalue weighted by molar-refractivity contribution is -0.128. The first-order chi connectivity index (χ1) is 13.1. The van der Waals surface area contributed by atoms with Gasteiger partial charge in [-0.15, -0.1) is 0 Å². The predicted molar refractivity (Wildman–Crippen MR) is 106 cm³/mol. The lowest BCUT2D eigenvalue weighted by Crippen LogP contribution is -2.29. The van der Waals surface area contributed by atoms with Gasteiger partial charge in [0.15, 0.2) is 0 Å². The maximum Gasteiger partial charge on any atom is 0.238 e. The molecule has 1 aliphatic heterocycles. The van der Waals surface area contributed by atoms with Crippen LogP contribution in [0.2, 0.25) is 0 Å². The summed E-state index contributed by atoms with van der Waals surface area (Å²) in [4.78, 5) is 18.2. The molecule has 1 aromatic carbocycles. The number of carbonyl (C=O) groups is 1. The molecule has 0 aliphatic carbocycles. The number of nitrogens with zero attached hydrogens (tertiary/aromatic N) is 3. The van der Waals surface area contributed by atoms with Crippen molar-refractivity contribution in [3.8, 4) is 5.88 Å². The number of aryl methyl sites for hydroxylation is 1. The van der Waals surface area contributed by atoms with Gasteiger partial charge in [0.05, 0.1) is 6.54 Å². The molecule has 0 spiro atoms. The van der Waals surface area contributed by atoms with E-state index >= 15 is 0 Å². The first-order valence-electron chi connectivity index (χ1n) is 9.54. The zero-order valence-electron chi connectivity index (χ0n) is 15.9. The van der Waals surface area contributed by atoms with Gasteiger partial charge in [-0.05, 0) is 37.5 Å². The van der Waals surface area contributed by atoms with Crippen LogP contribution in [0.25, 0.3) is 10.9 Å². The van der Waals surface area contributed by atoms with Crippen molar-refractivity contribution in [2.24, 2.45) is 0 Å². The molecule has 0 atom stereocenters. The van der Waals surface area contributed by atoms with Crippen molar-refractivity contribution in [1.82, 2.24) is 14.5 Å². The Labute approximate surface area is 159 Å². The molecule has 3 heterocycles. The van der Waals surface area contributed by atoms with Crippen molar-refractivity contribution in [1.29, 1.82) is 0 Å². The largest absolute Gasteiger partial charge is 0.474 e. The Balaban J connectivity index is 1.62. The van der Waals surface area contributed by atoms with Crippen LogP contribution >= 0.6 is 0 Å². The van der Waals surface area contributed by atoms with Crippen molar-refractivity contribution >= 4 is 16.8 Å². The highest BCUT2D eigenvalue weighted by atomic mass is 16.5. The van der Waals surface area contributed by atoms with Gasteiger partial charge in [0, 0.05) is 36.8 Å². The minimum absolute atomic E-state index is 0.226. The Morgan fingerprint density at radius 2 is 1.96 bits per heavy atom. The molecule has 1 aliphatic rings. The molecule has 3 aromatic rings. The number of rotatable bonds is 6. The number of hydrogen-bond acceptors (Lipinski definition) is 3. The zero-order valence-corrected chi connectivity index (χ0v) is 15.9. The number of hydrogen-bond donors (Lipinski definition) is 0. The molecule has 0 radical (unpaired) electrons. The SMILES string of the molecule is Cc1c(C)n(Cc2ccccc2)c2c(OCCN3CCCC3=O)nccc12. The van der Waals surface area contributed by atoms with E-state index in [0.717, 1.165) is 25.0 Å². The number of likely N-dealkylation sites (tertiary alicyclic amines) is 1. The van der Waals surface area contributed by atoms with Crippen molar-refractivity contribution < 1.29 is 9.53 Å². The van der Waals surface area contributed by atoms with Gasteiger partial charge in [-0.1, -0.05) is 30.3 Å².